The zero-order valence-electron chi connectivity index (χ0n) is 16.6. The number of alkyl halides is 3. The Bertz CT molecular complexity index is 895. The van der Waals surface area contributed by atoms with E-state index in [1.807, 2.05) is 19.0 Å². The monoisotopic (exact) mass is 425 g/mol. The Kier molecular flexibility index (Phi) is 6.42. The summed E-state index contributed by atoms with van der Waals surface area (Å²) in [6.45, 7) is 0. The van der Waals surface area contributed by atoms with Crippen molar-refractivity contribution in [3.63, 3.8) is 0 Å². The minimum Gasteiger partial charge on any atom is -0.363 e. The van der Waals surface area contributed by atoms with Crippen molar-refractivity contribution in [2.75, 3.05) is 24.3 Å². The van der Waals surface area contributed by atoms with Gasteiger partial charge in [-0.1, -0.05) is 0 Å². The van der Waals surface area contributed by atoms with E-state index in [4.69, 9.17) is 0 Å². The second kappa shape index (κ2) is 8.85. The van der Waals surface area contributed by atoms with Crippen molar-refractivity contribution in [2.45, 2.75) is 43.9 Å². The van der Waals surface area contributed by atoms with Gasteiger partial charge in [0.25, 0.3) is 5.91 Å². The molecule has 6 nitrogen and oxygen atoms in total. The van der Waals surface area contributed by atoms with Gasteiger partial charge in [0.15, 0.2) is 0 Å². The van der Waals surface area contributed by atoms with Gasteiger partial charge in [0, 0.05) is 37.9 Å². The molecule has 2 N–H and O–H groups in total. The zero-order valence-corrected chi connectivity index (χ0v) is 16.6. The number of hydrogen-bond acceptors (Lipinski definition) is 5. The number of benzene rings is 1. The average Bonchev–Trinajstić information content (AvgIpc) is 2.68. The molecule has 10 heteroatoms. The largest absolute Gasteiger partial charge is 0.416 e. The summed E-state index contributed by atoms with van der Waals surface area (Å²) in [4.78, 5) is 22.8. The topological polar surface area (TPSA) is 70.2 Å². The van der Waals surface area contributed by atoms with Gasteiger partial charge in [0.05, 0.1) is 5.56 Å². The summed E-state index contributed by atoms with van der Waals surface area (Å²) < 4.78 is 52.1. The highest BCUT2D eigenvalue weighted by atomic mass is 19.4. The molecule has 1 saturated carbocycles. The van der Waals surface area contributed by atoms with Crippen LogP contribution in [-0.2, 0) is 6.18 Å². The molecule has 0 atom stereocenters. The van der Waals surface area contributed by atoms with Crippen LogP contribution in [0.5, 0.6) is 0 Å². The lowest BCUT2D eigenvalue weighted by atomic mass is 9.91. The average molecular weight is 425 g/mol. The van der Waals surface area contributed by atoms with E-state index in [1.165, 1.54) is 0 Å². The number of aromatic nitrogens is 2. The molecule has 1 aliphatic carbocycles. The number of rotatable bonds is 5. The molecule has 1 aromatic carbocycles. The minimum absolute atomic E-state index is 0.126. The summed E-state index contributed by atoms with van der Waals surface area (Å²) in [5.41, 5.74) is -1.52. The molecule has 1 aromatic heterocycles. The van der Waals surface area contributed by atoms with E-state index in [0.29, 0.717) is 30.9 Å². The predicted molar refractivity (Wildman–Crippen MR) is 105 cm³/mol. The highest BCUT2D eigenvalue weighted by molar-refractivity contribution is 5.94. The molecule has 0 spiro atoms. The molecule has 2 aromatic rings. The number of amides is 1. The van der Waals surface area contributed by atoms with Crippen molar-refractivity contribution >= 4 is 17.7 Å². The molecular weight excluding hydrogens is 402 g/mol. The summed E-state index contributed by atoms with van der Waals surface area (Å²) in [5.74, 6) is -0.504. The highest BCUT2D eigenvalue weighted by Gasteiger charge is 2.32. The third kappa shape index (κ3) is 5.58. The van der Waals surface area contributed by atoms with Crippen LogP contribution in [0.1, 0.15) is 41.6 Å². The fourth-order valence-electron chi connectivity index (χ4n) is 3.39. The van der Waals surface area contributed by atoms with Gasteiger partial charge in [0.1, 0.15) is 11.6 Å². The minimum atomic E-state index is -4.72. The van der Waals surface area contributed by atoms with Crippen molar-refractivity contribution in [3.8, 4) is 0 Å². The maximum Gasteiger partial charge on any atom is 0.416 e. The van der Waals surface area contributed by atoms with Crippen LogP contribution in [0.3, 0.4) is 0 Å². The molecule has 0 unspecified atom stereocenters. The number of nitrogens with zero attached hydrogens (tertiary/aromatic N) is 3. The van der Waals surface area contributed by atoms with E-state index in [-0.39, 0.29) is 17.6 Å². The molecule has 0 saturated heterocycles. The molecule has 162 valence electrons. The van der Waals surface area contributed by atoms with Gasteiger partial charge in [-0.2, -0.15) is 18.2 Å². The van der Waals surface area contributed by atoms with E-state index in [0.717, 1.165) is 24.7 Å². The number of nitrogens with one attached hydrogen (secondary N) is 2. The lowest BCUT2D eigenvalue weighted by Gasteiger charge is -2.30. The Balaban J connectivity index is 1.55. The van der Waals surface area contributed by atoms with Gasteiger partial charge in [-0.05, 0) is 49.9 Å². The summed E-state index contributed by atoms with van der Waals surface area (Å²) in [5, 5.41) is 5.99. The predicted octanol–water partition coefficient (Wildman–Crippen LogP) is 3.85. The summed E-state index contributed by atoms with van der Waals surface area (Å²) in [6, 6.07) is 3.59. The Morgan fingerprint density at radius 3 is 2.40 bits per heavy atom. The van der Waals surface area contributed by atoms with Gasteiger partial charge in [0.2, 0.25) is 5.95 Å². The van der Waals surface area contributed by atoms with Crippen LogP contribution in [0, 0.1) is 5.82 Å². The number of carbonyl (C=O) groups is 1. The Morgan fingerprint density at radius 2 is 1.77 bits per heavy atom. The van der Waals surface area contributed by atoms with Gasteiger partial charge >= 0.3 is 6.18 Å². The number of anilines is 2. The molecule has 1 aliphatic rings. The van der Waals surface area contributed by atoms with Crippen molar-refractivity contribution in [2.24, 2.45) is 0 Å². The van der Waals surface area contributed by atoms with Crippen LogP contribution in [-0.4, -0.2) is 42.1 Å². The first-order valence-corrected chi connectivity index (χ1v) is 9.57. The van der Waals surface area contributed by atoms with Gasteiger partial charge < -0.3 is 15.5 Å². The number of hydrogen-bond donors (Lipinski definition) is 2. The quantitative estimate of drug-likeness (QED) is 0.712. The third-order valence-electron chi connectivity index (χ3n) is 4.98. The van der Waals surface area contributed by atoms with Crippen LogP contribution >= 0.6 is 0 Å². The second-order valence-electron chi connectivity index (χ2n) is 7.53. The maximum absolute atomic E-state index is 13.5. The normalized spacial score (nSPS) is 19.3. The molecule has 0 radical (unpaired) electrons. The molecule has 0 bridgehead atoms. The first-order valence-electron chi connectivity index (χ1n) is 9.57. The van der Waals surface area contributed by atoms with Crippen molar-refractivity contribution < 1.29 is 22.4 Å². The lowest BCUT2D eigenvalue weighted by molar-refractivity contribution is -0.137. The second-order valence-corrected chi connectivity index (χ2v) is 7.53. The van der Waals surface area contributed by atoms with E-state index >= 15 is 0 Å². The highest BCUT2D eigenvalue weighted by Crippen LogP contribution is 2.30. The Hall–Kier alpha value is -2.91. The van der Waals surface area contributed by atoms with E-state index in [9.17, 15) is 22.4 Å². The van der Waals surface area contributed by atoms with Crippen molar-refractivity contribution in [1.82, 2.24) is 15.3 Å². The van der Waals surface area contributed by atoms with E-state index in [2.05, 4.69) is 20.6 Å². The fraction of sp³-hybridized carbons (Fsp3) is 0.450. The van der Waals surface area contributed by atoms with Crippen LogP contribution in [0.4, 0.5) is 29.3 Å². The molecule has 1 fully saturated rings. The van der Waals surface area contributed by atoms with E-state index < -0.39 is 23.5 Å². The van der Waals surface area contributed by atoms with Gasteiger partial charge in [-0.15, -0.1) is 0 Å². The fourth-order valence-corrected chi connectivity index (χ4v) is 3.39. The molecule has 30 heavy (non-hydrogen) atoms. The third-order valence-corrected chi connectivity index (χ3v) is 4.98. The first kappa shape index (κ1) is 21.8. The van der Waals surface area contributed by atoms with E-state index in [1.54, 1.807) is 12.3 Å². The van der Waals surface area contributed by atoms with Crippen LogP contribution in [0.25, 0.3) is 0 Å². The number of halogens is 4. The van der Waals surface area contributed by atoms with Crippen LogP contribution in [0.15, 0.2) is 30.5 Å². The molecular formula is C20H23F4N5O. The smallest absolute Gasteiger partial charge is 0.363 e. The summed E-state index contributed by atoms with van der Waals surface area (Å²) in [6.07, 6.45) is -0.303. The zero-order chi connectivity index (χ0) is 21.9. The van der Waals surface area contributed by atoms with Gasteiger partial charge in [-0.25, -0.2) is 9.37 Å². The summed E-state index contributed by atoms with van der Waals surface area (Å²) >= 11 is 0. The molecule has 1 heterocycles. The first-order chi connectivity index (χ1) is 14.1. The Morgan fingerprint density at radius 1 is 1.10 bits per heavy atom. The van der Waals surface area contributed by atoms with Crippen LogP contribution in [0.2, 0.25) is 0 Å². The molecule has 3 rings (SSSR count). The van der Waals surface area contributed by atoms with Crippen molar-refractivity contribution in [3.05, 3.63) is 47.4 Å². The number of carbonyl (C=O) groups excluding carboxylic acids is 1. The Labute approximate surface area is 171 Å². The SMILES string of the molecule is CN(C)c1ccnc(N[C@H]2CC[C@@H](NC(=O)c3cc(F)cc(C(F)(F)F)c3)CC2)n1. The van der Waals surface area contributed by atoms with Crippen LogP contribution < -0.4 is 15.5 Å². The molecule has 0 aliphatic heterocycles. The lowest BCUT2D eigenvalue weighted by Crippen LogP contribution is -2.40. The van der Waals surface area contributed by atoms with Gasteiger partial charge in [-0.3, -0.25) is 4.79 Å². The molecule has 1 amide bonds. The maximum atomic E-state index is 13.5. The standard InChI is InChI=1S/C20H23F4N5O/c1-29(2)17-7-8-25-19(28-17)27-16-5-3-15(4-6-16)26-18(30)12-9-13(20(22,23)24)11-14(21)10-12/h7-11,15-16H,3-6H2,1-2H3,(H,26,30)(H,25,27,28)/t15-,16+. The van der Waals surface area contributed by atoms with Crippen molar-refractivity contribution in [1.29, 1.82) is 0 Å². The summed E-state index contributed by atoms with van der Waals surface area (Å²) in [7, 11) is 3.77.